The van der Waals surface area contributed by atoms with E-state index in [2.05, 4.69) is 0 Å². The molecule has 2 atom stereocenters. The third kappa shape index (κ3) is 3.56. The maximum atomic E-state index is 12.8. The normalized spacial score (nSPS) is 25.9. The van der Waals surface area contributed by atoms with Gasteiger partial charge >= 0.3 is 6.18 Å². The van der Waals surface area contributed by atoms with E-state index in [4.69, 9.17) is 0 Å². The Morgan fingerprint density at radius 2 is 1.89 bits per heavy atom. The number of rotatable bonds is 3. The summed E-state index contributed by atoms with van der Waals surface area (Å²) in [5, 5.41) is 0. The van der Waals surface area contributed by atoms with E-state index in [9.17, 15) is 22.8 Å². The van der Waals surface area contributed by atoms with E-state index >= 15 is 0 Å². The van der Waals surface area contributed by atoms with Crippen LogP contribution in [0.15, 0.2) is 24.3 Å². The summed E-state index contributed by atoms with van der Waals surface area (Å²) in [6, 6.07) is 4.91. The van der Waals surface area contributed by atoms with E-state index in [1.54, 1.807) is 4.90 Å². The van der Waals surface area contributed by atoms with Gasteiger partial charge in [-0.15, -0.1) is 0 Å². The largest absolute Gasteiger partial charge is 0.416 e. The van der Waals surface area contributed by atoms with Gasteiger partial charge in [0.2, 0.25) is 11.8 Å². The fourth-order valence-electron chi connectivity index (χ4n) is 4.31. The number of carbonyl (C=O) groups excluding carboxylic acids is 2. The molecule has 2 aliphatic heterocycles. The predicted molar refractivity (Wildman–Crippen MR) is 94.6 cm³/mol. The van der Waals surface area contributed by atoms with E-state index in [1.165, 1.54) is 12.1 Å². The monoisotopic (exact) mass is 382 g/mol. The van der Waals surface area contributed by atoms with Gasteiger partial charge in [-0.2, -0.15) is 13.2 Å². The number of carbonyl (C=O) groups is 2. The van der Waals surface area contributed by atoms with Gasteiger partial charge in [-0.3, -0.25) is 9.59 Å². The van der Waals surface area contributed by atoms with Gasteiger partial charge in [-0.25, -0.2) is 0 Å². The molecule has 0 aromatic heterocycles. The summed E-state index contributed by atoms with van der Waals surface area (Å²) in [5.41, 5.74) is -0.524. The first kappa shape index (κ1) is 19.7. The molecule has 7 heteroatoms. The fraction of sp³-hybridized carbons (Fsp3) is 0.600. The number of hydrogen-bond donors (Lipinski definition) is 0. The first-order chi connectivity index (χ1) is 12.5. The lowest BCUT2D eigenvalue weighted by molar-refractivity contribution is -0.149. The Morgan fingerprint density at radius 3 is 2.44 bits per heavy atom. The van der Waals surface area contributed by atoms with Gasteiger partial charge in [0.1, 0.15) is 0 Å². The van der Waals surface area contributed by atoms with Gasteiger partial charge in [-0.05, 0) is 37.5 Å². The average Bonchev–Trinajstić information content (AvgIpc) is 2.94. The van der Waals surface area contributed by atoms with Gasteiger partial charge in [-0.1, -0.05) is 26.0 Å². The molecule has 0 spiro atoms. The first-order valence-corrected chi connectivity index (χ1v) is 9.31. The fourth-order valence-corrected chi connectivity index (χ4v) is 4.31. The Hall–Kier alpha value is -2.05. The van der Waals surface area contributed by atoms with Crippen LogP contribution in [-0.4, -0.2) is 39.7 Å². The Kier molecular flexibility index (Phi) is 4.99. The number of alkyl halides is 3. The minimum absolute atomic E-state index is 0.00695. The number of halogens is 3. The molecule has 27 heavy (non-hydrogen) atoms. The van der Waals surface area contributed by atoms with Crippen molar-refractivity contribution >= 4 is 11.8 Å². The second-order valence-electron chi connectivity index (χ2n) is 8.02. The maximum absolute atomic E-state index is 12.8. The molecule has 2 amide bonds. The SMILES string of the molecule is CC(C)C(=O)N1CC[C@@]2(C)[C@@H]1CCC(=O)N2Cc1ccc(C(F)(F)F)cc1. The minimum Gasteiger partial charge on any atom is -0.337 e. The lowest BCUT2D eigenvalue weighted by Crippen LogP contribution is -2.60. The van der Waals surface area contributed by atoms with Crippen molar-refractivity contribution < 1.29 is 22.8 Å². The van der Waals surface area contributed by atoms with Crippen molar-refractivity contribution in [3.05, 3.63) is 35.4 Å². The number of benzene rings is 1. The number of amides is 2. The predicted octanol–water partition coefficient (Wildman–Crippen LogP) is 3.84. The summed E-state index contributed by atoms with van der Waals surface area (Å²) in [6.45, 7) is 6.59. The van der Waals surface area contributed by atoms with Crippen LogP contribution in [0.1, 0.15) is 51.2 Å². The zero-order valence-corrected chi connectivity index (χ0v) is 15.8. The van der Waals surface area contributed by atoms with E-state index in [0.29, 0.717) is 31.4 Å². The number of nitrogens with zero attached hydrogens (tertiary/aromatic N) is 2. The molecular weight excluding hydrogens is 357 g/mol. The van der Waals surface area contributed by atoms with Gasteiger partial charge in [0, 0.05) is 25.4 Å². The number of likely N-dealkylation sites (tertiary alicyclic amines) is 2. The van der Waals surface area contributed by atoms with Crippen molar-refractivity contribution in [1.29, 1.82) is 0 Å². The molecule has 2 aliphatic rings. The van der Waals surface area contributed by atoms with Crippen LogP contribution in [-0.2, 0) is 22.3 Å². The number of piperidine rings is 1. The van der Waals surface area contributed by atoms with Crippen molar-refractivity contribution in [2.45, 2.75) is 64.3 Å². The van der Waals surface area contributed by atoms with Crippen molar-refractivity contribution in [2.75, 3.05) is 6.54 Å². The van der Waals surface area contributed by atoms with Gasteiger partial charge in [0.05, 0.1) is 17.1 Å². The van der Waals surface area contributed by atoms with E-state index in [-0.39, 0.29) is 30.3 Å². The minimum atomic E-state index is -4.38. The highest BCUT2D eigenvalue weighted by molar-refractivity contribution is 5.82. The molecule has 0 N–H and O–H groups in total. The molecule has 2 fully saturated rings. The molecule has 0 saturated carbocycles. The number of hydrogen-bond acceptors (Lipinski definition) is 2. The quantitative estimate of drug-likeness (QED) is 0.797. The molecule has 1 aromatic rings. The lowest BCUT2D eigenvalue weighted by atomic mass is 9.82. The second kappa shape index (κ2) is 6.84. The van der Waals surface area contributed by atoms with E-state index < -0.39 is 17.3 Å². The van der Waals surface area contributed by atoms with Crippen LogP contribution >= 0.6 is 0 Å². The van der Waals surface area contributed by atoms with Crippen molar-refractivity contribution in [3.63, 3.8) is 0 Å². The Labute approximate surface area is 157 Å². The van der Waals surface area contributed by atoms with E-state index in [0.717, 1.165) is 12.1 Å². The second-order valence-corrected chi connectivity index (χ2v) is 8.02. The van der Waals surface area contributed by atoms with Crippen LogP contribution in [0.25, 0.3) is 0 Å². The van der Waals surface area contributed by atoms with Crippen LogP contribution in [0.4, 0.5) is 13.2 Å². The zero-order valence-electron chi connectivity index (χ0n) is 15.8. The molecule has 2 heterocycles. The molecule has 1 aromatic carbocycles. The van der Waals surface area contributed by atoms with Crippen LogP contribution in [0, 0.1) is 5.92 Å². The molecular formula is C20H25F3N2O2. The third-order valence-corrected chi connectivity index (χ3v) is 5.90. The highest BCUT2D eigenvalue weighted by atomic mass is 19.4. The molecule has 2 saturated heterocycles. The molecule has 0 radical (unpaired) electrons. The van der Waals surface area contributed by atoms with E-state index in [1.807, 2.05) is 25.7 Å². The van der Waals surface area contributed by atoms with Crippen molar-refractivity contribution in [3.8, 4) is 0 Å². The first-order valence-electron chi connectivity index (χ1n) is 9.31. The summed E-state index contributed by atoms with van der Waals surface area (Å²) in [5.74, 6) is -0.0200. The molecule has 4 nitrogen and oxygen atoms in total. The standard InChI is InChI=1S/C20H25F3N2O2/c1-13(2)18(27)24-11-10-19(3)16(24)8-9-17(26)25(19)12-14-4-6-15(7-5-14)20(21,22)23/h4-7,13,16H,8-12H2,1-3H3/t16-,19-/m0/s1. The van der Waals surface area contributed by atoms with Crippen LogP contribution in [0.5, 0.6) is 0 Å². The topological polar surface area (TPSA) is 40.6 Å². The molecule has 3 rings (SSSR count). The van der Waals surface area contributed by atoms with Crippen LogP contribution in [0.2, 0.25) is 0 Å². The number of fused-ring (bicyclic) bond motifs is 1. The molecule has 0 bridgehead atoms. The van der Waals surface area contributed by atoms with Gasteiger partial charge in [0.15, 0.2) is 0 Å². The maximum Gasteiger partial charge on any atom is 0.416 e. The molecule has 0 aliphatic carbocycles. The molecule has 148 valence electrons. The summed E-state index contributed by atoms with van der Waals surface area (Å²) in [6.07, 6.45) is -2.71. The van der Waals surface area contributed by atoms with Crippen LogP contribution in [0.3, 0.4) is 0 Å². The molecule has 0 unspecified atom stereocenters. The Morgan fingerprint density at radius 1 is 1.26 bits per heavy atom. The smallest absolute Gasteiger partial charge is 0.337 e. The third-order valence-electron chi connectivity index (χ3n) is 5.90. The Bertz CT molecular complexity index is 730. The van der Waals surface area contributed by atoms with Crippen LogP contribution < -0.4 is 0 Å². The van der Waals surface area contributed by atoms with Crippen molar-refractivity contribution in [2.24, 2.45) is 5.92 Å². The van der Waals surface area contributed by atoms with Gasteiger partial charge < -0.3 is 9.80 Å². The summed E-state index contributed by atoms with van der Waals surface area (Å²) < 4.78 is 38.3. The van der Waals surface area contributed by atoms with Crippen molar-refractivity contribution in [1.82, 2.24) is 9.80 Å². The summed E-state index contributed by atoms with van der Waals surface area (Å²) in [7, 11) is 0. The Balaban J connectivity index is 1.82. The summed E-state index contributed by atoms with van der Waals surface area (Å²) >= 11 is 0. The summed E-state index contributed by atoms with van der Waals surface area (Å²) in [4.78, 5) is 28.8. The highest BCUT2D eigenvalue weighted by Gasteiger charge is 2.53. The van der Waals surface area contributed by atoms with Gasteiger partial charge in [0.25, 0.3) is 0 Å². The highest BCUT2D eigenvalue weighted by Crippen LogP contribution is 2.42. The lowest BCUT2D eigenvalue weighted by Gasteiger charge is -2.48. The average molecular weight is 382 g/mol. The zero-order chi connectivity index (χ0) is 20.0.